The van der Waals surface area contributed by atoms with Crippen molar-refractivity contribution in [2.45, 2.75) is 38.4 Å². The molecule has 6 heteroatoms. The van der Waals surface area contributed by atoms with Gasteiger partial charge in [0.25, 0.3) is 5.56 Å². The minimum Gasteiger partial charge on any atom is -0.339 e. The smallest absolute Gasteiger partial charge is 0.254 e. The van der Waals surface area contributed by atoms with Gasteiger partial charge in [-0.2, -0.15) is 0 Å². The molecule has 0 aliphatic heterocycles. The van der Waals surface area contributed by atoms with E-state index in [1.165, 1.54) is 19.3 Å². The summed E-state index contributed by atoms with van der Waals surface area (Å²) in [5.74, 6) is 0.725. The molecule has 1 fully saturated rings. The molecule has 1 aromatic carbocycles. The Morgan fingerprint density at radius 3 is 2.58 bits per heavy atom. The molecule has 1 heterocycles. The number of hydrogen-bond donors (Lipinski definition) is 2. The second kappa shape index (κ2) is 7.11. The first kappa shape index (κ1) is 17.2. The lowest BCUT2D eigenvalue weighted by Crippen LogP contribution is -2.23. The zero-order valence-electron chi connectivity index (χ0n) is 14.1. The Balaban J connectivity index is 1.94. The van der Waals surface area contributed by atoms with E-state index < -0.39 is 0 Å². The number of pyridine rings is 1. The number of nitrogens with one attached hydrogen (secondary N) is 2. The fourth-order valence-electron chi connectivity index (χ4n) is 2.61. The Labute approximate surface area is 151 Å². The van der Waals surface area contributed by atoms with Gasteiger partial charge in [-0.1, -0.05) is 24.1 Å². The van der Waals surface area contributed by atoms with E-state index in [1.807, 2.05) is 38.1 Å². The molecule has 0 radical (unpaired) electrons. The molecule has 0 amide bonds. The highest BCUT2D eigenvalue weighted by molar-refractivity contribution is 8.01. The highest BCUT2D eigenvalue weighted by Gasteiger charge is 2.19. The van der Waals surface area contributed by atoms with Crippen molar-refractivity contribution in [3.63, 3.8) is 0 Å². The second-order valence-corrected chi connectivity index (χ2v) is 7.85. The molecule has 2 aromatic rings. The summed E-state index contributed by atoms with van der Waals surface area (Å²) in [6.07, 6.45) is 3.79. The predicted octanol–water partition coefficient (Wildman–Crippen LogP) is 5.01. The van der Waals surface area contributed by atoms with E-state index >= 15 is 0 Å². The van der Waals surface area contributed by atoms with Gasteiger partial charge in [-0.25, -0.2) is 0 Å². The first-order chi connectivity index (χ1) is 11.5. The average Bonchev–Trinajstić information content (AvgIpc) is 2.49. The molecule has 0 spiro atoms. The number of benzene rings is 1. The normalized spacial score (nSPS) is 14.3. The zero-order chi connectivity index (χ0) is 17.3. The number of nitrogens with zero attached hydrogens (tertiary/aromatic N) is 1. The van der Waals surface area contributed by atoms with Gasteiger partial charge in [0.15, 0.2) is 0 Å². The van der Waals surface area contributed by atoms with Crippen LogP contribution in [0.5, 0.6) is 0 Å². The third-order valence-electron chi connectivity index (χ3n) is 4.36. The van der Waals surface area contributed by atoms with Gasteiger partial charge in [0, 0.05) is 17.9 Å². The van der Waals surface area contributed by atoms with E-state index in [9.17, 15) is 4.79 Å². The number of aryl methyl sites for hydroxylation is 2. The van der Waals surface area contributed by atoms with Crippen molar-refractivity contribution in [2.24, 2.45) is 7.05 Å². The third kappa shape index (κ3) is 3.57. The first-order valence-electron chi connectivity index (χ1n) is 8.11. The first-order valence-corrected chi connectivity index (χ1v) is 9.37. The van der Waals surface area contributed by atoms with Gasteiger partial charge in [-0.15, -0.1) is 0 Å². The molecule has 24 heavy (non-hydrogen) atoms. The Kier molecular flexibility index (Phi) is 5.11. The Bertz CT molecular complexity index is 815. The van der Waals surface area contributed by atoms with Crippen molar-refractivity contribution in [3.8, 4) is 0 Å². The van der Waals surface area contributed by atoms with E-state index in [0.29, 0.717) is 10.3 Å². The maximum Gasteiger partial charge on any atom is 0.254 e. The van der Waals surface area contributed by atoms with Crippen molar-refractivity contribution in [2.75, 3.05) is 10.0 Å². The molecule has 128 valence electrons. The Morgan fingerprint density at radius 2 is 1.96 bits per heavy atom. The molecule has 4 nitrogen and oxygen atoms in total. The van der Waals surface area contributed by atoms with Crippen LogP contribution in [0.3, 0.4) is 0 Å². The maximum atomic E-state index is 12.3. The lowest BCUT2D eigenvalue weighted by molar-refractivity contribution is 0.523. The summed E-state index contributed by atoms with van der Waals surface area (Å²) in [6.45, 7) is 3.84. The van der Waals surface area contributed by atoms with Crippen LogP contribution in [-0.2, 0) is 7.05 Å². The Morgan fingerprint density at radius 1 is 1.21 bits per heavy atom. The molecule has 0 unspecified atom stereocenters. The molecule has 0 saturated heterocycles. The fraction of sp³-hybridized carbons (Fsp3) is 0.389. The number of aromatic nitrogens is 1. The SMILES string of the molecule is Cc1ccc(Nc2c(NSC3CCC3)cc(C)c(=O)n2C)c(Cl)c1. The van der Waals surface area contributed by atoms with Crippen LogP contribution in [0.15, 0.2) is 29.1 Å². The molecular formula is C18H22ClN3OS. The lowest BCUT2D eigenvalue weighted by Gasteiger charge is -2.26. The minimum absolute atomic E-state index is 0.0140. The monoisotopic (exact) mass is 363 g/mol. The fourth-order valence-corrected chi connectivity index (χ4v) is 3.91. The summed E-state index contributed by atoms with van der Waals surface area (Å²) in [6, 6.07) is 7.74. The van der Waals surface area contributed by atoms with Crippen molar-refractivity contribution in [1.82, 2.24) is 4.57 Å². The third-order valence-corrected chi connectivity index (χ3v) is 5.81. The molecule has 1 saturated carbocycles. The molecule has 1 aliphatic carbocycles. The van der Waals surface area contributed by atoms with E-state index in [-0.39, 0.29) is 5.56 Å². The number of rotatable bonds is 5. The van der Waals surface area contributed by atoms with Crippen LogP contribution in [0.25, 0.3) is 0 Å². The standard InChI is InChI=1S/C18H22ClN3OS/c1-11-7-8-15(14(19)9-11)20-17-16(21-24-13-5-4-6-13)10-12(2)18(23)22(17)3/h7-10,13,20-21H,4-6H2,1-3H3. The molecule has 1 aliphatic rings. The number of hydrogen-bond acceptors (Lipinski definition) is 4. The topological polar surface area (TPSA) is 46.1 Å². The van der Waals surface area contributed by atoms with Gasteiger partial charge in [-0.05, 0) is 62.4 Å². The van der Waals surface area contributed by atoms with Crippen molar-refractivity contribution < 1.29 is 0 Å². The lowest BCUT2D eigenvalue weighted by atomic mass is 10.0. The van der Waals surface area contributed by atoms with Gasteiger partial charge < -0.3 is 10.0 Å². The van der Waals surface area contributed by atoms with Crippen molar-refractivity contribution >= 4 is 40.7 Å². The van der Waals surface area contributed by atoms with Gasteiger partial charge in [0.1, 0.15) is 5.82 Å². The van der Waals surface area contributed by atoms with Crippen LogP contribution in [0.1, 0.15) is 30.4 Å². The zero-order valence-corrected chi connectivity index (χ0v) is 15.7. The summed E-state index contributed by atoms with van der Waals surface area (Å²) < 4.78 is 5.06. The van der Waals surface area contributed by atoms with E-state index in [2.05, 4.69) is 10.0 Å². The maximum absolute atomic E-state index is 12.3. The highest BCUT2D eigenvalue weighted by atomic mass is 35.5. The minimum atomic E-state index is -0.0140. The van der Waals surface area contributed by atoms with Gasteiger partial charge in [0.05, 0.1) is 16.4 Å². The van der Waals surface area contributed by atoms with Gasteiger partial charge >= 0.3 is 0 Å². The predicted molar refractivity (Wildman–Crippen MR) is 105 cm³/mol. The quantitative estimate of drug-likeness (QED) is 0.733. The van der Waals surface area contributed by atoms with Gasteiger partial charge in [0.2, 0.25) is 0 Å². The van der Waals surface area contributed by atoms with Crippen molar-refractivity contribution in [1.29, 1.82) is 0 Å². The van der Waals surface area contributed by atoms with E-state index in [1.54, 1.807) is 23.6 Å². The van der Waals surface area contributed by atoms with E-state index in [4.69, 9.17) is 11.6 Å². The number of anilines is 3. The van der Waals surface area contributed by atoms with Crippen LogP contribution < -0.4 is 15.6 Å². The van der Waals surface area contributed by atoms with Crippen LogP contribution >= 0.6 is 23.5 Å². The largest absolute Gasteiger partial charge is 0.339 e. The molecular weight excluding hydrogens is 342 g/mol. The average molecular weight is 364 g/mol. The summed E-state index contributed by atoms with van der Waals surface area (Å²) in [5, 5.41) is 4.61. The number of halogens is 1. The van der Waals surface area contributed by atoms with Crippen LogP contribution in [0, 0.1) is 13.8 Å². The molecule has 3 rings (SSSR count). The molecule has 0 atom stereocenters. The summed E-state index contributed by atoms with van der Waals surface area (Å²) in [4.78, 5) is 12.3. The van der Waals surface area contributed by atoms with E-state index in [0.717, 1.165) is 28.3 Å². The Hall–Kier alpha value is -1.59. The molecule has 1 aromatic heterocycles. The van der Waals surface area contributed by atoms with Crippen LogP contribution in [0.2, 0.25) is 5.02 Å². The summed E-state index contributed by atoms with van der Waals surface area (Å²) in [5.41, 5.74) is 3.50. The van der Waals surface area contributed by atoms with Crippen LogP contribution in [-0.4, -0.2) is 9.82 Å². The van der Waals surface area contributed by atoms with Crippen LogP contribution in [0.4, 0.5) is 17.2 Å². The van der Waals surface area contributed by atoms with Gasteiger partial charge in [-0.3, -0.25) is 9.36 Å². The molecule has 2 N–H and O–H groups in total. The molecule has 0 bridgehead atoms. The van der Waals surface area contributed by atoms with Crippen molar-refractivity contribution in [3.05, 3.63) is 50.8 Å². The summed E-state index contributed by atoms with van der Waals surface area (Å²) >= 11 is 8.07. The summed E-state index contributed by atoms with van der Waals surface area (Å²) in [7, 11) is 1.78. The highest BCUT2D eigenvalue weighted by Crippen LogP contribution is 2.35. The second-order valence-electron chi connectivity index (χ2n) is 6.33.